The predicted octanol–water partition coefficient (Wildman–Crippen LogP) is 3.64. The number of urea groups is 1. The van der Waals surface area contributed by atoms with Crippen molar-refractivity contribution >= 4 is 17.5 Å². The van der Waals surface area contributed by atoms with E-state index in [1.54, 1.807) is 4.90 Å². The van der Waals surface area contributed by atoms with Crippen LogP contribution in [-0.4, -0.2) is 26.9 Å². The van der Waals surface area contributed by atoms with Crippen molar-refractivity contribution in [3.05, 3.63) is 54.2 Å². The number of rotatable bonds is 2. The summed E-state index contributed by atoms with van der Waals surface area (Å²) in [5.74, 6) is 0.841. The standard InChI is InChI=1S/C19H21N5O/c1-14-7-3-4-8-15(14)20-19(25)23-11-6-12-24-18(23)13-16(21-24)17-9-5-10-22(17)2/h3-5,7-10,13H,6,11-12H2,1-2H3,(H,20,25). The quantitative estimate of drug-likeness (QED) is 0.777. The molecule has 0 saturated heterocycles. The van der Waals surface area contributed by atoms with E-state index in [0.29, 0.717) is 6.54 Å². The molecule has 0 atom stereocenters. The fourth-order valence-corrected chi connectivity index (χ4v) is 3.24. The Hall–Kier alpha value is -3.02. The molecule has 3 aromatic rings. The van der Waals surface area contributed by atoms with E-state index in [9.17, 15) is 4.79 Å². The van der Waals surface area contributed by atoms with E-state index in [0.717, 1.165) is 41.4 Å². The van der Waals surface area contributed by atoms with Crippen molar-refractivity contribution in [1.82, 2.24) is 14.3 Å². The van der Waals surface area contributed by atoms with Crippen LogP contribution in [0, 0.1) is 6.92 Å². The van der Waals surface area contributed by atoms with Gasteiger partial charge in [0.05, 0.1) is 5.69 Å². The molecule has 1 aliphatic rings. The molecule has 128 valence electrons. The Kier molecular flexibility index (Phi) is 3.80. The molecule has 0 aliphatic carbocycles. The van der Waals surface area contributed by atoms with Gasteiger partial charge >= 0.3 is 6.03 Å². The molecule has 6 heteroatoms. The second-order valence-electron chi connectivity index (χ2n) is 6.37. The Bertz CT molecular complexity index is 924. The Morgan fingerprint density at radius 1 is 1.16 bits per heavy atom. The van der Waals surface area contributed by atoms with Gasteiger partial charge < -0.3 is 9.88 Å². The maximum atomic E-state index is 12.8. The van der Waals surface area contributed by atoms with Crippen LogP contribution in [0.1, 0.15) is 12.0 Å². The number of carbonyl (C=O) groups excluding carboxylic acids is 1. The number of carbonyl (C=O) groups is 1. The van der Waals surface area contributed by atoms with Crippen molar-refractivity contribution in [2.75, 3.05) is 16.8 Å². The Morgan fingerprint density at radius 2 is 2.00 bits per heavy atom. The number of anilines is 2. The number of nitrogens with one attached hydrogen (secondary N) is 1. The normalized spacial score (nSPS) is 13.6. The molecule has 0 saturated carbocycles. The lowest BCUT2D eigenvalue weighted by Crippen LogP contribution is -2.40. The van der Waals surface area contributed by atoms with E-state index in [-0.39, 0.29) is 6.03 Å². The molecular weight excluding hydrogens is 314 g/mol. The first-order valence-corrected chi connectivity index (χ1v) is 8.47. The van der Waals surface area contributed by atoms with Crippen molar-refractivity contribution in [2.24, 2.45) is 7.05 Å². The third-order valence-corrected chi connectivity index (χ3v) is 4.62. The Labute approximate surface area is 146 Å². The summed E-state index contributed by atoms with van der Waals surface area (Å²) in [5, 5.41) is 7.70. The van der Waals surface area contributed by atoms with Crippen molar-refractivity contribution < 1.29 is 4.79 Å². The minimum absolute atomic E-state index is 0.117. The minimum atomic E-state index is -0.117. The van der Waals surface area contributed by atoms with Gasteiger partial charge in [-0.25, -0.2) is 9.48 Å². The molecule has 4 rings (SSSR count). The van der Waals surface area contributed by atoms with Gasteiger partial charge in [0.2, 0.25) is 0 Å². The molecule has 3 heterocycles. The number of amides is 2. The number of aromatic nitrogens is 3. The number of hydrogen-bond donors (Lipinski definition) is 1. The van der Waals surface area contributed by atoms with Gasteiger partial charge in [0.15, 0.2) is 0 Å². The van der Waals surface area contributed by atoms with Gasteiger partial charge in [-0.05, 0) is 37.1 Å². The number of aryl methyl sites for hydroxylation is 3. The molecule has 6 nitrogen and oxygen atoms in total. The second-order valence-corrected chi connectivity index (χ2v) is 6.37. The molecule has 0 unspecified atom stereocenters. The van der Waals surface area contributed by atoms with Gasteiger partial charge in [-0.3, -0.25) is 4.90 Å². The maximum absolute atomic E-state index is 12.8. The van der Waals surface area contributed by atoms with E-state index in [1.165, 1.54) is 0 Å². The van der Waals surface area contributed by atoms with Crippen LogP contribution >= 0.6 is 0 Å². The molecule has 0 radical (unpaired) electrons. The van der Waals surface area contributed by atoms with E-state index < -0.39 is 0 Å². The lowest BCUT2D eigenvalue weighted by atomic mass is 10.2. The van der Waals surface area contributed by atoms with E-state index in [4.69, 9.17) is 0 Å². The average Bonchev–Trinajstić information content (AvgIpc) is 3.22. The second kappa shape index (κ2) is 6.12. The fourth-order valence-electron chi connectivity index (χ4n) is 3.24. The number of hydrogen-bond acceptors (Lipinski definition) is 2. The average molecular weight is 335 g/mol. The lowest BCUT2D eigenvalue weighted by molar-refractivity contribution is 0.255. The van der Waals surface area contributed by atoms with Crippen LogP contribution in [0.25, 0.3) is 11.4 Å². The highest BCUT2D eigenvalue weighted by Crippen LogP contribution is 2.28. The number of fused-ring (bicyclic) bond motifs is 1. The third kappa shape index (κ3) is 2.80. The first-order chi connectivity index (χ1) is 12.1. The van der Waals surface area contributed by atoms with Crippen LogP contribution in [0.5, 0.6) is 0 Å². The van der Waals surface area contributed by atoms with Crippen molar-refractivity contribution in [3.8, 4) is 11.4 Å². The first kappa shape index (κ1) is 15.5. The van der Waals surface area contributed by atoms with Crippen molar-refractivity contribution in [3.63, 3.8) is 0 Å². The largest absolute Gasteiger partial charge is 0.349 e. The van der Waals surface area contributed by atoms with Crippen LogP contribution in [0.3, 0.4) is 0 Å². The number of benzene rings is 1. The predicted molar refractivity (Wildman–Crippen MR) is 98.8 cm³/mol. The summed E-state index contributed by atoms with van der Waals surface area (Å²) >= 11 is 0. The zero-order chi connectivity index (χ0) is 17.4. The molecule has 1 aliphatic heterocycles. The van der Waals surface area contributed by atoms with Gasteiger partial charge in [0.1, 0.15) is 11.5 Å². The Morgan fingerprint density at radius 3 is 2.76 bits per heavy atom. The maximum Gasteiger partial charge on any atom is 0.327 e. The van der Waals surface area contributed by atoms with Crippen LogP contribution in [-0.2, 0) is 13.6 Å². The SMILES string of the molecule is Cc1ccccc1NC(=O)N1CCCn2nc(-c3cccn3C)cc21. The number of nitrogens with zero attached hydrogens (tertiary/aromatic N) is 4. The van der Waals surface area contributed by atoms with E-state index in [1.807, 2.05) is 71.9 Å². The molecule has 0 fully saturated rings. The lowest BCUT2D eigenvalue weighted by Gasteiger charge is -2.27. The first-order valence-electron chi connectivity index (χ1n) is 8.47. The topological polar surface area (TPSA) is 55.1 Å². The zero-order valence-corrected chi connectivity index (χ0v) is 14.4. The van der Waals surface area contributed by atoms with Gasteiger partial charge in [0, 0.05) is 38.1 Å². The number of para-hydroxylation sites is 1. The molecule has 2 aromatic heterocycles. The highest BCUT2D eigenvalue weighted by atomic mass is 16.2. The van der Waals surface area contributed by atoms with Crippen LogP contribution in [0.15, 0.2) is 48.7 Å². The fraction of sp³-hybridized carbons (Fsp3) is 0.263. The molecule has 2 amide bonds. The van der Waals surface area contributed by atoms with Gasteiger partial charge in [-0.2, -0.15) is 5.10 Å². The summed E-state index contributed by atoms with van der Waals surface area (Å²) in [6, 6.07) is 13.7. The van der Waals surface area contributed by atoms with Crippen molar-refractivity contribution in [1.29, 1.82) is 0 Å². The van der Waals surface area contributed by atoms with Crippen LogP contribution in [0.2, 0.25) is 0 Å². The summed E-state index contributed by atoms with van der Waals surface area (Å²) < 4.78 is 3.95. The van der Waals surface area contributed by atoms with Gasteiger partial charge in [0.25, 0.3) is 0 Å². The summed E-state index contributed by atoms with van der Waals surface area (Å²) in [5.41, 5.74) is 3.82. The summed E-state index contributed by atoms with van der Waals surface area (Å²) in [6.45, 7) is 3.51. The summed E-state index contributed by atoms with van der Waals surface area (Å²) in [4.78, 5) is 14.6. The molecular formula is C19H21N5O. The Balaban J connectivity index is 1.63. The zero-order valence-electron chi connectivity index (χ0n) is 14.4. The van der Waals surface area contributed by atoms with E-state index in [2.05, 4.69) is 10.4 Å². The van der Waals surface area contributed by atoms with Crippen LogP contribution < -0.4 is 10.2 Å². The molecule has 25 heavy (non-hydrogen) atoms. The monoisotopic (exact) mass is 335 g/mol. The molecule has 1 aromatic carbocycles. The third-order valence-electron chi connectivity index (χ3n) is 4.62. The highest BCUT2D eigenvalue weighted by molar-refractivity contribution is 6.02. The van der Waals surface area contributed by atoms with Gasteiger partial charge in [-0.1, -0.05) is 18.2 Å². The minimum Gasteiger partial charge on any atom is -0.349 e. The highest BCUT2D eigenvalue weighted by Gasteiger charge is 2.25. The summed E-state index contributed by atoms with van der Waals surface area (Å²) in [7, 11) is 2.00. The smallest absolute Gasteiger partial charge is 0.327 e. The van der Waals surface area contributed by atoms with Gasteiger partial charge in [-0.15, -0.1) is 0 Å². The van der Waals surface area contributed by atoms with Crippen LogP contribution in [0.4, 0.5) is 16.3 Å². The summed E-state index contributed by atoms with van der Waals surface area (Å²) in [6.07, 6.45) is 2.89. The molecule has 1 N–H and O–H groups in total. The van der Waals surface area contributed by atoms with Crippen molar-refractivity contribution in [2.45, 2.75) is 19.9 Å². The van der Waals surface area contributed by atoms with E-state index >= 15 is 0 Å². The molecule has 0 bridgehead atoms. The molecule has 0 spiro atoms.